The molecule has 1 saturated heterocycles. The largest absolute Gasteiger partial charge is 0.357 e. The zero-order chi connectivity index (χ0) is 12.3. The van der Waals surface area contributed by atoms with E-state index in [1.54, 1.807) is 0 Å². The average molecular weight is 273 g/mol. The maximum Gasteiger partial charge on any atom is 0.128 e. The Kier molecular flexibility index (Phi) is 4.52. The van der Waals surface area contributed by atoms with E-state index in [2.05, 4.69) is 16.8 Å². The Bertz CT molecular complexity index is 382. The van der Waals surface area contributed by atoms with Gasteiger partial charge in [-0.25, -0.2) is 4.98 Å². The smallest absolute Gasteiger partial charge is 0.128 e. The van der Waals surface area contributed by atoms with Crippen molar-refractivity contribution in [3.8, 4) is 0 Å². The van der Waals surface area contributed by atoms with Crippen LogP contribution in [-0.4, -0.2) is 18.1 Å². The number of alkyl halides is 1. The van der Waals surface area contributed by atoms with Crippen molar-refractivity contribution in [3.05, 3.63) is 22.8 Å². The third kappa shape index (κ3) is 3.26. The van der Waals surface area contributed by atoms with Crippen LogP contribution in [0.15, 0.2) is 12.1 Å². The van der Waals surface area contributed by atoms with Crippen LogP contribution in [0.25, 0.3) is 0 Å². The summed E-state index contributed by atoms with van der Waals surface area (Å²) in [4.78, 5) is 6.89. The first kappa shape index (κ1) is 13.0. The zero-order valence-electron chi connectivity index (χ0n) is 10.1. The van der Waals surface area contributed by atoms with Gasteiger partial charge in [0.2, 0.25) is 0 Å². The van der Waals surface area contributed by atoms with Crippen molar-refractivity contribution in [2.45, 2.75) is 32.1 Å². The number of pyridine rings is 1. The summed E-state index contributed by atoms with van der Waals surface area (Å²) >= 11 is 11.9. The van der Waals surface area contributed by atoms with Gasteiger partial charge in [0, 0.05) is 13.1 Å². The standard InChI is InChI=1S/C13H18Cl2N2/c1-10-3-2-7-17(8-6-10)13-5-4-11(15)12(9-14)16-13/h4-5,10H,2-3,6-9H2,1H3. The second kappa shape index (κ2) is 5.92. The van der Waals surface area contributed by atoms with E-state index in [0.717, 1.165) is 30.5 Å². The minimum Gasteiger partial charge on any atom is -0.357 e. The van der Waals surface area contributed by atoms with Crippen molar-refractivity contribution < 1.29 is 0 Å². The number of halogens is 2. The Balaban J connectivity index is 2.15. The van der Waals surface area contributed by atoms with Crippen LogP contribution < -0.4 is 4.90 Å². The molecule has 0 amide bonds. The molecule has 2 rings (SSSR count). The molecule has 17 heavy (non-hydrogen) atoms. The van der Waals surface area contributed by atoms with Crippen molar-refractivity contribution >= 4 is 29.0 Å². The Morgan fingerprint density at radius 1 is 1.35 bits per heavy atom. The van der Waals surface area contributed by atoms with Crippen molar-refractivity contribution in [2.75, 3.05) is 18.0 Å². The Hall–Kier alpha value is -0.470. The van der Waals surface area contributed by atoms with E-state index in [0.29, 0.717) is 10.9 Å². The van der Waals surface area contributed by atoms with E-state index >= 15 is 0 Å². The fourth-order valence-electron chi connectivity index (χ4n) is 2.23. The minimum atomic E-state index is 0.372. The first-order valence-electron chi connectivity index (χ1n) is 6.17. The van der Waals surface area contributed by atoms with Gasteiger partial charge in [-0.1, -0.05) is 18.5 Å². The van der Waals surface area contributed by atoms with E-state index < -0.39 is 0 Å². The monoisotopic (exact) mass is 272 g/mol. The molecule has 1 aromatic rings. The number of hydrogen-bond acceptors (Lipinski definition) is 2. The van der Waals surface area contributed by atoms with Gasteiger partial charge in [0.1, 0.15) is 5.82 Å². The summed E-state index contributed by atoms with van der Waals surface area (Å²) in [5, 5.41) is 0.659. The molecule has 94 valence electrons. The number of nitrogens with zero attached hydrogens (tertiary/aromatic N) is 2. The number of aromatic nitrogens is 1. The van der Waals surface area contributed by atoms with Crippen molar-refractivity contribution in [1.82, 2.24) is 4.98 Å². The molecule has 0 spiro atoms. The average Bonchev–Trinajstić information content (AvgIpc) is 2.55. The minimum absolute atomic E-state index is 0.372. The second-order valence-electron chi connectivity index (χ2n) is 4.75. The molecule has 0 aliphatic carbocycles. The van der Waals surface area contributed by atoms with E-state index in [4.69, 9.17) is 23.2 Å². The highest BCUT2D eigenvalue weighted by Gasteiger charge is 2.15. The number of hydrogen-bond donors (Lipinski definition) is 0. The van der Waals surface area contributed by atoms with Crippen LogP contribution in [0.1, 0.15) is 31.9 Å². The van der Waals surface area contributed by atoms with Crippen molar-refractivity contribution in [1.29, 1.82) is 0 Å². The lowest BCUT2D eigenvalue weighted by molar-refractivity contribution is 0.521. The van der Waals surface area contributed by atoms with Crippen LogP contribution in [0.5, 0.6) is 0 Å². The van der Waals surface area contributed by atoms with Crippen LogP contribution in [0.4, 0.5) is 5.82 Å². The molecular formula is C13H18Cl2N2. The Labute approximate surface area is 113 Å². The molecule has 0 bridgehead atoms. The summed E-state index contributed by atoms with van der Waals surface area (Å²) in [6, 6.07) is 3.89. The second-order valence-corrected chi connectivity index (χ2v) is 5.43. The van der Waals surface area contributed by atoms with Gasteiger partial charge in [-0.05, 0) is 37.3 Å². The molecule has 0 N–H and O–H groups in total. The van der Waals surface area contributed by atoms with Crippen LogP contribution in [0.3, 0.4) is 0 Å². The Morgan fingerprint density at radius 2 is 2.18 bits per heavy atom. The predicted octanol–water partition coefficient (Wildman–Crippen LogP) is 4.10. The molecule has 0 saturated carbocycles. The van der Waals surface area contributed by atoms with E-state index in [-0.39, 0.29) is 0 Å². The molecule has 2 nitrogen and oxygen atoms in total. The topological polar surface area (TPSA) is 16.1 Å². The lowest BCUT2D eigenvalue weighted by Crippen LogP contribution is -2.25. The molecule has 0 radical (unpaired) electrons. The summed E-state index contributed by atoms with van der Waals surface area (Å²) in [5.74, 6) is 2.20. The van der Waals surface area contributed by atoms with Gasteiger partial charge < -0.3 is 4.90 Å². The van der Waals surface area contributed by atoms with Crippen molar-refractivity contribution in [3.63, 3.8) is 0 Å². The molecular weight excluding hydrogens is 255 g/mol. The Morgan fingerprint density at radius 3 is 2.94 bits per heavy atom. The van der Waals surface area contributed by atoms with E-state index in [1.165, 1.54) is 19.3 Å². The van der Waals surface area contributed by atoms with Crippen LogP contribution >= 0.6 is 23.2 Å². The third-order valence-electron chi connectivity index (χ3n) is 3.37. The van der Waals surface area contributed by atoms with Crippen LogP contribution in [0.2, 0.25) is 5.02 Å². The van der Waals surface area contributed by atoms with E-state index in [9.17, 15) is 0 Å². The fourth-order valence-corrected chi connectivity index (χ4v) is 2.68. The van der Waals surface area contributed by atoms with Gasteiger partial charge in [-0.3, -0.25) is 0 Å². The maximum absolute atomic E-state index is 6.03. The first-order valence-corrected chi connectivity index (χ1v) is 7.08. The quantitative estimate of drug-likeness (QED) is 0.754. The molecule has 2 heterocycles. The summed E-state index contributed by atoms with van der Waals surface area (Å²) in [7, 11) is 0. The van der Waals surface area contributed by atoms with Crippen molar-refractivity contribution in [2.24, 2.45) is 5.92 Å². The van der Waals surface area contributed by atoms with Crippen LogP contribution in [-0.2, 0) is 5.88 Å². The van der Waals surface area contributed by atoms with Gasteiger partial charge in [0.25, 0.3) is 0 Å². The van der Waals surface area contributed by atoms with E-state index in [1.807, 2.05) is 12.1 Å². The fraction of sp³-hybridized carbons (Fsp3) is 0.615. The van der Waals surface area contributed by atoms with Gasteiger partial charge in [0.05, 0.1) is 16.6 Å². The highest BCUT2D eigenvalue weighted by molar-refractivity contribution is 6.32. The third-order valence-corrected chi connectivity index (χ3v) is 3.97. The lowest BCUT2D eigenvalue weighted by Gasteiger charge is -2.22. The summed E-state index contributed by atoms with van der Waals surface area (Å²) < 4.78 is 0. The SMILES string of the molecule is CC1CCCN(c2ccc(Cl)c(CCl)n2)CC1. The predicted molar refractivity (Wildman–Crippen MR) is 74.0 cm³/mol. The molecule has 4 heteroatoms. The summed E-state index contributed by atoms with van der Waals surface area (Å²) in [5.41, 5.74) is 0.781. The number of rotatable bonds is 2. The highest BCUT2D eigenvalue weighted by Crippen LogP contribution is 2.24. The maximum atomic E-state index is 6.03. The van der Waals surface area contributed by atoms with Gasteiger partial charge >= 0.3 is 0 Å². The lowest BCUT2D eigenvalue weighted by atomic mass is 10.0. The zero-order valence-corrected chi connectivity index (χ0v) is 11.6. The molecule has 0 aromatic carbocycles. The molecule has 1 atom stereocenters. The first-order chi connectivity index (χ1) is 8.20. The summed E-state index contributed by atoms with van der Waals surface area (Å²) in [6.07, 6.45) is 3.79. The van der Waals surface area contributed by atoms with Crippen LogP contribution in [0, 0.1) is 5.92 Å². The molecule has 1 unspecified atom stereocenters. The molecule has 1 fully saturated rings. The number of anilines is 1. The van der Waals surface area contributed by atoms with Gasteiger partial charge in [-0.15, -0.1) is 11.6 Å². The van der Waals surface area contributed by atoms with Gasteiger partial charge in [0.15, 0.2) is 0 Å². The van der Waals surface area contributed by atoms with Gasteiger partial charge in [-0.2, -0.15) is 0 Å². The summed E-state index contributed by atoms with van der Waals surface area (Å²) in [6.45, 7) is 4.49. The normalized spacial score (nSPS) is 21.4. The molecule has 1 aromatic heterocycles. The molecule has 1 aliphatic heterocycles. The highest BCUT2D eigenvalue weighted by atomic mass is 35.5. The molecule has 1 aliphatic rings.